The summed E-state index contributed by atoms with van der Waals surface area (Å²) in [5, 5.41) is 6.90. The average molecular weight is 402 g/mol. The minimum Gasteiger partial charge on any atom is -0.444 e. The second-order valence-electron chi connectivity index (χ2n) is 7.73. The summed E-state index contributed by atoms with van der Waals surface area (Å²) in [6.45, 7) is 7.31. The van der Waals surface area contributed by atoms with Gasteiger partial charge in [0, 0.05) is 17.5 Å². The molecule has 0 bridgehead atoms. The molecule has 2 amide bonds. The van der Waals surface area contributed by atoms with E-state index >= 15 is 0 Å². The van der Waals surface area contributed by atoms with Crippen molar-refractivity contribution in [2.75, 3.05) is 5.32 Å². The fourth-order valence-electron chi connectivity index (χ4n) is 2.93. The molecule has 0 unspecified atom stereocenters. The minimum atomic E-state index is -0.656. The van der Waals surface area contributed by atoms with Gasteiger partial charge in [0.2, 0.25) is 5.91 Å². The zero-order chi connectivity index (χ0) is 21.3. The molecule has 0 fully saturated rings. The highest BCUT2D eigenvalue weighted by Crippen LogP contribution is 2.31. The highest BCUT2D eigenvalue weighted by molar-refractivity contribution is 6.04. The van der Waals surface area contributed by atoms with Crippen molar-refractivity contribution in [3.63, 3.8) is 0 Å². The number of carbonyl (C=O) groups excluding carboxylic acids is 3. The Labute approximate surface area is 167 Å². The van der Waals surface area contributed by atoms with E-state index in [0.717, 1.165) is 0 Å². The lowest BCUT2D eigenvalue weighted by Crippen LogP contribution is -2.34. The molecule has 0 radical (unpaired) electrons. The van der Waals surface area contributed by atoms with Crippen LogP contribution in [0.5, 0.6) is 0 Å². The second kappa shape index (κ2) is 7.65. The van der Waals surface area contributed by atoms with Crippen LogP contribution in [0.15, 0.2) is 24.3 Å². The maximum atomic E-state index is 13.1. The zero-order valence-corrected chi connectivity index (χ0v) is 16.8. The molecular weight excluding hydrogens is 379 g/mol. The monoisotopic (exact) mass is 402 g/mol. The summed E-state index contributed by atoms with van der Waals surface area (Å²) in [5.74, 6) is -0.998. The first-order valence-corrected chi connectivity index (χ1v) is 9.28. The summed E-state index contributed by atoms with van der Waals surface area (Å²) >= 11 is 0. The largest absolute Gasteiger partial charge is 0.444 e. The van der Waals surface area contributed by atoms with Crippen molar-refractivity contribution in [3.8, 4) is 0 Å². The molecule has 0 spiro atoms. The molecule has 3 rings (SSSR count). The van der Waals surface area contributed by atoms with E-state index in [4.69, 9.17) is 4.74 Å². The summed E-state index contributed by atoms with van der Waals surface area (Å²) in [7, 11) is 0. The number of carbonyl (C=O) groups is 3. The van der Waals surface area contributed by atoms with Crippen LogP contribution < -0.4 is 5.32 Å². The molecule has 1 aromatic carbocycles. The van der Waals surface area contributed by atoms with Gasteiger partial charge in [-0.1, -0.05) is 6.92 Å². The van der Waals surface area contributed by atoms with E-state index in [1.807, 2.05) is 0 Å². The van der Waals surface area contributed by atoms with Gasteiger partial charge in [0.25, 0.3) is 5.91 Å². The van der Waals surface area contributed by atoms with Crippen LogP contribution in [0.25, 0.3) is 0 Å². The van der Waals surface area contributed by atoms with E-state index in [-0.39, 0.29) is 36.8 Å². The number of anilines is 1. The van der Waals surface area contributed by atoms with Crippen molar-refractivity contribution in [1.29, 1.82) is 0 Å². The summed E-state index contributed by atoms with van der Waals surface area (Å²) in [6.07, 6.45) is -0.300. The summed E-state index contributed by atoms with van der Waals surface area (Å²) < 4.78 is 19.7. The van der Waals surface area contributed by atoms with Crippen LogP contribution in [0.2, 0.25) is 0 Å². The number of benzene rings is 1. The highest BCUT2D eigenvalue weighted by atomic mass is 19.1. The van der Waals surface area contributed by atoms with Crippen molar-refractivity contribution in [1.82, 2.24) is 14.7 Å². The third-order valence-corrected chi connectivity index (χ3v) is 4.31. The number of fused-ring (bicyclic) bond motifs is 1. The molecule has 2 heterocycles. The summed E-state index contributed by atoms with van der Waals surface area (Å²) in [4.78, 5) is 38.7. The molecule has 0 atom stereocenters. The Balaban J connectivity index is 1.87. The third kappa shape index (κ3) is 4.44. The first kappa shape index (κ1) is 20.5. The van der Waals surface area contributed by atoms with Gasteiger partial charge >= 0.3 is 6.09 Å². The number of ether oxygens (including phenoxy) is 1. The molecule has 0 aliphatic carbocycles. The molecule has 1 N–H and O–H groups in total. The normalized spacial score (nSPS) is 13.2. The molecule has 1 aliphatic rings. The lowest BCUT2D eigenvalue weighted by atomic mass is 10.2. The smallest absolute Gasteiger partial charge is 0.410 e. The fraction of sp³-hybridized carbons (Fsp3) is 0.400. The van der Waals surface area contributed by atoms with Gasteiger partial charge in [0.1, 0.15) is 11.4 Å². The lowest BCUT2D eigenvalue weighted by Gasteiger charge is -2.24. The second-order valence-corrected chi connectivity index (χ2v) is 7.73. The summed E-state index contributed by atoms with van der Waals surface area (Å²) in [6, 6.07) is 5.07. The summed E-state index contributed by atoms with van der Waals surface area (Å²) in [5.41, 5.74) is 0.709. The van der Waals surface area contributed by atoms with Crippen molar-refractivity contribution < 1.29 is 23.5 Å². The predicted molar refractivity (Wildman–Crippen MR) is 103 cm³/mol. The number of nitrogens with zero attached hydrogens (tertiary/aromatic N) is 3. The van der Waals surface area contributed by atoms with Gasteiger partial charge in [-0.05, 0) is 45.0 Å². The first-order valence-electron chi connectivity index (χ1n) is 9.28. The Hall–Kier alpha value is -3.23. The maximum Gasteiger partial charge on any atom is 0.410 e. The van der Waals surface area contributed by atoms with E-state index in [1.165, 1.54) is 33.8 Å². The van der Waals surface area contributed by atoms with Crippen molar-refractivity contribution in [2.24, 2.45) is 0 Å². The zero-order valence-electron chi connectivity index (χ0n) is 16.8. The molecule has 0 saturated carbocycles. The van der Waals surface area contributed by atoms with Crippen LogP contribution >= 0.6 is 0 Å². The first-order chi connectivity index (χ1) is 13.6. The minimum absolute atomic E-state index is 0.148. The van der Waals surface area contributed by atoms with Crippen LogP contribution in [0.4, 0.5) is 15.0 Å². The highest BCUT2D eigenvalue weighted by Gasteiger charge is 2.34. The van der Waals surface area contributed by atoms with E-state index in [9.17, 15) is 18.8 Å². The molecule has 29 heavy (non-hydrogen) atoms. The van der Waals surface area contributed by atoms with Gasteiger partial charge in [0.15, 0.2) is 5.82 Å². The van der Waals surface area contributed by atoms with E-state index in [0.29, 0.717) is 11.3 Å². The van der Waals surface area contributed by atoms with Crippen LogP contribution in [-0.4, -0.2) is 38.2 Å². The number of hydrogen-bond acceptors (Lipinski definition) is 5. The van der Waals surface area contributed by atoms with Crippen LogP contribution in [0, 0.1) is 5.82 Å². The molecule has 2 aromatic rings. The SMILES string of the molecule is CCC(=O)n1nc(NC(=O)c2ccc(F)cc2)c2c1CN(C(=O)OC(C)(C)C)C2. The molecule has 1 aliphatic heterocycles. The number of amides is 2. The quantitative estimate of drug-likeness (QED) is 0.847. The molecule has 9 heteroatoms. The maximum absolute atomic E-state index is 13.1. The Morgan fingerprint density at radius 3 is 2.41 bits per heavy atom. The van der Waals surface area contributed by atoms with Gasteiger partial charge < -0.3 is 10.1 Å². The van der Waals surface area contributed by atoms with Crippen LogP contribution in [-0.2, 0) is 17.8 Å². The standard InChI is InChI=1S/C20H23FN4O4/c1-5-16(26)25-15-11-24(19(28)29-20(2,3)4)10-14(15)17(23-25)22-18(27)12-6-8-13(21)9-7-12/h6-9H,5,10-11H2,1-4H3,(H,22,23,27). The average Bonchev–Trinajstić information content (AvgIpc) is 3.21. The molecule has 8 nitrogen and oxygen atoms in total. The van der Waals surface area contributed by atoms with Crippen LogP contribution in [0.1, 0.15) is 60.5 Å². The fourth-order valence-corrected chi connectivity index (χ4v) is 2.93. The molecule has 154 valence electrons. The van der Waals surface area contributed by atoms with Crippen LogP contribution in [0.3, 0.4) is 0 Å². The Morgan fingerprint density at radius 2 is 1.83 bits per heavy atom. The number of hydrogen-bond donors (Lipinski definition) is 1. The number of halogens is 1. The lowest BCUT2D eigenvalue weighted by molar-refractivity contribution is 0.0237. The van der Waals surface area contributed by atoms with Gasteiger partial charge in [-0.3, -0.25) is 14.5 Å². The van der Waals surface area contributed by atoms with Gasteiger partial charge in [-0.2, -0.15) is 0 Å². The number of rotatable bonds is 3. The van der Waals surface area contributed by atoms with E-state index in [2.05, 4.69) is 10.4 Å². The van der Waals surface area contributed by atoms with Crippen molar-refractivity contribution >= 4 is 23.7 Å². The molecule has 1 aromatic heterocycles. The van der Waals surface area contributed by atoms with Crippen molar-refractivity contribution in [3.05, 3.63) is 46.9 Å². The number of nitrogens with one attached hydrogen (secondary N) is 1. The topological polar surface area (TPSA) is 93.5 Å². The predicted octanol–water partition coefficient (Wildman–Crippen LogP) is 3.58. The van der Waals surface area contributed by atoms with Gasteiger partial charge in [-0.25, -0.2) is 13.9 Å². The molecular formula is C20H23FN4O4. The van der Waals surface area contributed by atoms with Gasteiger partial charge in [-0.15, -0.1) is 5.10 Å². The third-order valence-electron chi connectivity index (χ3n) is 4.31. The van der Waals surface area contributed by atoms with E-state index < -0.39 is 23.4 Å². The Morgan fingerprint density at radius 1 is 1.17 bits per heavy atom. The molecule has 0 saturated heterocycles. The Bertz CT molecular complexity index is 960. The number of aromatic nitrogens is 2. The van der Waals surface area contributed by atoms with Gasteiger partial charge in [0.05, 0.1) is 18.8 Å². The van der Waals surface area contributed by atoms with E-state index in [1.54, 1.807) is 27.7 Å². The van der Waals surface area contributed by atoms with Crippen molar-refractivity contribution in [2.45, 2.75) is 52.8 Å². The Kier molecular flexibility index (Phi) is 5.41.